The number of nitro benzene ring substituents is 1. The van der Waals surface area contributed by atoms with Crippen LogP contribution in [0.4, 0.5) is 10.1 Å². The van der Waals surface area contributed by atoms with Crippen molar-refractivity contribution in [1.29, 1.82) is 0 Å². The van der Waals surface area contributed by atoms with E-state index < -0.39 is 10.7 Å². The highest BCUT2D eigenvalue weighted by Crippen LogP contribution is 2.19. The number of para-hydroxylation sites is 1. The molecule has 0 aliphatic rings. The van der Waals surface area contributed by atoms with Crippen molar-refractivity contribution < 1.29 is 14.1 Å². The zero-order chi connectivity index (χ0) is 15.1. The van der Waals surface area contributed by atoms with Crippen LogP contribution in [-0.4, -0.2) is 18.1 Å². The summed E-state index contributed by atoms with van der Waals surface area (Å²) < 4.78 is 18.6. The van der Waals surface area contributed by atoms with Crippen LogP contribution in [0.5, 0.6) is 5.75 Å². The van der Waals surface area contributed by atoms with Crippen molar-refractivity contribution in [1.82, 2.24) is 5.32 Å². The van der Waals surface area contributed by atoms with Gasteiger partial charge in [-0.05, 0) is 24.3 Å². The second kappa shape index (κ2) is 7.35. The number of nitro groups is 1. The van der Waals surface area contributed by atoms with Crippen LogP contribution in [-0.2, 0) is 6.54 Å². The van der Waals surface area contributed by atoms with E-state index >= 15 is 0 Å². The second-order valence-corrected chi connectivity index (χ2v) is 4.37. The number of ether oxygens (including phenoxy) is 1. The Morgan fingerprint density at radius 3 is 2.67 bits per heavy atom. The summed E-state index contributed by atoms with van der Waals surface area (Å²) >= 11 is 0. The Morgan fingerprint density at radius 2 is 1.95 bits per heavy atom. The molecule has 1 N–H and O–H groups in total. The average Bonchev–Trinajstić information content (AvgIpc) is 2.48. The molecule has 2 aromatic rings. The van der Waals surface area contributed by atoms with E-state index in [0.717, 1.165) is 11.8 Å². The summed E-state index contributed by atoms with van der Waals surface area (Å²) in [7, 11) is 0. The van der Waals surface area contributed by atoms with Crippen LogP contribution in [0.1, 0.15) is 5.56 Å². The van der Waals surface area contributed by atoms with Crippen molar-refractivity contribution in [2.24, 2.45) is 0 Å². The lowest BCUT2D eigenvalue weighted by Crippen LogP contribution is -2.21. The van der Waals surface area contributed by atoms with E-state index in [9.17, 15) is 14.5 Å². The van der Waals surface area contributed by atoms with Crippen LogP contribution >= 0.6 is 0 Å². The molecule has 5 nitrogen and oxygen atoms in total. The van der Waals surface area contributed by atoms with Gasteiger partial charge in [-0.2, -0.15) is 0 Å². The minimum Gasteiger partial charge on any atom is -0.492 e. The first-order valence-corrected chi connectivity index (χ1v) is 6.48. The highest BCUT2D eigenvalue weighted by atomic mass is 19.1. The fourth-order valence-electron chi connectivity index (χ4n) is 1.85. The molecule has 0 atom stereocenters. The molecular formula is C15H15FN2O3. The van der Waals surface area contributed by atoms with Gasteiger partial charge in [0, 0.05) is 24.7 Å². The third-order valence-electron chi connectivity index (χ3n) is 2.84. The fraction of sp³-hybridized carbons (Fsp3) is 0.200. The van der Waals surface area contributed by atoms with Crippen molar-refractivity contribution in [2.75, 3.05) is 13.2 Å². The number of benzene rings is 2. The van der Waals surface area contributed by atoms with E-state index in [1.54, 1.807) is 0 Å². The molecule has 0 aliphatic heterocycles. The first-order chi connectivity index (χ1) is 10.2. The molecule has 2 aromatic carbocycles. The van der Waals surface area contributed by atoms with E-state index in [2.05, 4.69) is 5.32 Å². The zero-order valence-corrected chi connectivity index (χ0v) is 11.3. The number of nitrogens with one attached hydrogen (secondary N) is 1. The lowest BCUT2D eigenvalue weighted by molar-refractivity contribution is -0.385. The summed E-state index contributed by atoms with van der Waals surface area (Å²) in [6, 6.07) is 12.8. The Hall–Kier alpha value is -2.47. The molecule has 0 amide bonds. The lowest BCUT2D eigenvalue weighted by atomic mass is 10.1. The molecule has 21 heavy (non-hydrogen) atoms. The summed E-state index contributed by atoms with van der Waals surface area (Å²) in [5.74, 6) is 0.272. The average molecular weight is 290 g/mol. The number of rotatable bonds is 7. The molecule has 0 bridgehead atoms. The fourth-order valence-corrected chi connectivity index (χ4v) is 1.85. The molecule has 0 saturated carbocycles. The van der Waals surface area contributed by atoms with Gasteiger partial charge in [0.05, 0.1) is 4.92 Å². The number of hydrogen-bond acceptors (Lipinski definition) is 4. The van der Waals surface area contributed by atoms with Gasteiger partial charge in [0.1, 0.15) is 18.2 Å². The molecule has 0 radical (unpaired) electrons. The minimum atomic E-state index is -0.517. The Bertz CT molecular complexity index is 605. The molecule has 0 heterocycles. The summed E-state index contributed by atoms with van der Waals surface area (Å²) in [5.41, 5.74) is 0.229. The SMILES string of the molecule is O=[N+]([O-])c1ccc(F)cc1CNCCOc1ccccc1. The van der Waals surface area contributed by atoms with Crippen molar-refractivity contribution in [2.45, 2.75) is 6.54 Å². The Morgan fingerprint density at radius 1 is 1.19 bits per heavy atom. The quantitative estimate of drug-likeness (QED) is 0.484. The van der Waals surface area contributed by atoms with Gasteiger partial charge in [-0.3, -0.25) is 10.1 Å². The minimum absolute atomic E-state index is 0.0899. The Balaban J connectivity index is 1.81. The molecular weight excluding hydrogens is 275 g/mol. The maximum Gasteiger partial charge on any atom is 0.274 e. The van der Waals surface area contributed by atoms with E-state index in [4.69, 9.17) is 4.74 Å². The van der Waals surface area contributed by atoms with E-state index in [1.165, 1.54) is 12.1 Å². The van der Waals surface area contributed by atoms with Crippen molar-refractivity contribution >= 4 is 5.69 Å². The highest BCUT2D eigenvalue weighted by Gasteiger charge is 2.13. The lowest BCUT2D eigenvalue weighted by Gasteiger charge is -2.08. The first-order valence-electron chi connectivity index (χ1n) is 6.48. The van der Waals surface area contributed by atoms with Crippen LogP contribution in [0.3, 0.4) is 0 Å². The summed E-state index contributed by atoms with van der Waals surface area (Å²) in [5, 5.41) is 13.8. The summed E-state index contributed by atoms with van der Waals surface area (Å²) in [6.45, 7) is 1.14. The molecule has 6 heteroatoms. The molecule has 0 unspecified atom stereocenters. The van der Waals surface area contributed by atoms with Crippen LogP contribution in [0.2, 0.25) is 0 Å². The molecule has 0 aliphatic carbocycles. The van der Waals surface area contributed by atoms with E-state index in [1.807, 2.05) is 30.3 Å². The third-order valence-corrected chi connectivity index (χ3v) is 2.84. The topological polar surface area (TPSA) is 64.4 Å². The van der Waals surface area contributed by atoms with Gasteiger partial charge in [-0.1, -0.05) is 18.2 Å². The maximum atomic E-state index is 13.1. The molecule has 110 valence electrons. The van der Waals surface area contributed by atoms with E-state index in [0.29, 0.717) is 18.7 Å². The van der Waals surface area contributed by atoms with Gasteiger partial charge in [-0.25, -0.2) is 4.39 Å². The van der Waals surface area contributed by atoms with Gasteiger partial charge in [0.25, 0.3) is 5.69 Å². The van der Waals surface area contributed by atoms with Crippen LogP contribution < -0.4 is 10.1 Å². The molecule has 0 aromatic heterocycles. The third kappa shape index (κ3) is 4.54. The smallest absolute Gasteiger partial charge is 0.274 e. The van der Waals surface area contributed by atoms with Gasteiger partial charge in [-0.15, -0.1) is 0 Å². The first kappa shape index (κ1) is 14.9. The monoisotopic (exact) mass is 290 g/mol. The van der Waals surface area contributed by atoms with Crippen LogP contribution in [0.15, 0.2) is 48.5 Å². The van der Waals surface area contributed by atoms with Gasteiger partial charge in [0.2, 0.25) is 0 Å². The van der Waals surface area contributed by atoms with Crippen LogP contribution in [0, 0.1) is 15.9 Å². The molecule has 0 saturated heterocycles. The van der Waals surface area contributed by atoms with E-state index in [-0.39, 0.29) is 12.2 Å². The predicted octanol–water partition coefficient (Wildman–Crippen LogP) is 2.90. The molecule has 2 rings (SSSR count). The summed E-state index contributed by atoms with van der Waals surface area (Å²) in [6.07, 6.45) is 0. The zero-order valence-electron chi connectivity index (χ0n) is 11.3. The molecule has 0 spiro atoms. The Kier molecular flexibility index (Phi) is 5.22. The number of halogens is 1. The van der Waals surface area contributed by atoms with Gasteiger partial charge >= 0.3 is 0 Å². The predicted molar refractivity (Wildman–Crippen MR) is 76.7 cm³/mol. The van der Waals surface area contributed by atoms with Crippen LogP contribution in [0.25, 0.3) is 0 Å². The second-order valence-electron chi connectivity index (χ2n) is 4.37. The van der Waals surface area contributed by atoms with Gasteiger partial charge in [0.15, 0.2) is 0 Å². The van der Waals surface area contributed by atoms with Gasteiger partial charge < -0.3 is 10.1 Å². The number of hydrogen-bond donors (Lipinski definition) is 1. The normalized spacial score (nSPS) is 10.3. The van der Waals surface area contributed by atoms with Crippen molar-refractivity contribution in [3.05, 3.63) is 70.0 Å². The standard InChI is InChI=1S/C15H15FN2O3/c16-13-6-7-15(18(19)20)12(10-13)11-17-8-9-21-14-4-2-1-3-5-14/h1-7,10,17H,8-9,11H2. The Labute approximate surface area is 121 Å². The largest absolute Gasteiger partial charge is 0.492 e. The maximum absolute atomic E-state index is 13.1. The van der Waals surface area contributed by atoms with Crippen molar-refractivity contribution in [3.63, 3.8) is 0 Å². The summed E-state index contributed by atoms with van der Waals surface area (Å²) in [4.78, 5) is 10.3. The van der Waals surface area contributed by atoms with Crippen molar-refractivity contribution in [3.8, 4) is 5.75 Å². The highest BCUT2D eigenvalue weighted by molar-refractivity contribution is 5.40. The molecule has 0 fully saturated rings. The number of nitrogens with zero attached hydrogens (tertiary/aromatic N) is 1.